The first-order valence-corrected chi connectivity index (χ1v) is 8.24. The average Bonchev–Trinajstić information content (AvgIpc) is 2.65. The predicted molar refractivity (Wildman–Crippen MR) is 96.9 cm³/mol. The molecule has 2 aromatic rings. The summed E-state index contributed by atoms with van der Waals surface area (Å²) in [5.74, 6) is 0.113. The summed E-state index contributed by atoms with van der Waals surface area (Å²) >= 11 is 6.51. The van der Waals surface area contributed by atoms with Gasteiger partial charge in [-0.1, -0.05) is 42.5 Å². The van der Waals surface area contributed by atoms with E-state index in [0.717, 1.165) is 5.56 Å². The Morgan fingerprint density at radius 1 is 1.17 bits per heavy atom. The highest BCUT2D eigenvalue weighted by atomic mass is 35.5. The lowest BCUT2D eigenvalue weighted by atomic mass is 9.91. The first-order chi connectivity index (χ1) is 11.6. The second-order valence-electron chi connectivity index (χ2n) is 5.50. The smallest absolute Gasteiger partial charge is 0.245 e. The molecule has 0 saturated carbocycles. The van der Waals surface area contributed by atoms with Gasteiger partial charge in [-0.2, -0.15) is 0 Å². The lowest BCUT2D eigenvalue weighted by molar-refractivity contribution is -0.118. The van der Waals surface area contributed by atoms with Gasteiger partial charge in [-0.05, 0) is 24.1 Å². The van der Waals surface area contributed by atoms with Crippen LogP contribution in [0.1, 0.15) is 17.9 Å². The second-order valence-corrected chi connectivity index (χ2v) is 5.97. The molecule has 0 aromatic heterocycles. The van der Waals surface area contributed by atoms with E-state index in [4.69, 9.17) is 16.3 Å². The van der Waals surface area contributed by atoms with Crippen molar-refractivity contribution in [2.45, 2.75) is 17.7 Å². The van der Waals surface area contributed by atoms with Gasteiger partial charge in [-0.25, -0.2) is 0 Å². The number of alkyl halides is 1. The Bertz CT molecular complexity index is 663. The molecule has 0 radical (unpaired) electrons. The molecule has 0 spiro atoms. The summed E-state index contributed by atoms with van der Waals surface area (Å²) in [6.45, 7) is -0.0333. The van der Waals surface area contributed by atoms with E-state index in [2.05, 4.69) is 0 Å². The summed E-state index contributed by atoms with van der Waals surface area (Å²) in [5, 5.41) is 8.58. The van der Waals surface area contributed by atoms with Crippen LogP contribution in [0.5, 0.6) is 5.75 Å². The van der Waals surface area contributed by atoms with Gasteiger partial charge in [-0.3, -0.25) is 4.79 Å². The highest BCUT2D eigenvalue weighted by Crippen LogP contribution is 2.32. The van der Waals surface area contributed by atoms with E-state index < -0.39 is 5.38 Å². The van der Waals surface area contributed by atoms with Gasteiger partial charge in [0.25, 0.3) is 0 Å². The van der Waals surface area contributed by atoms with Crippen LogP contribution < -0.4 is 9.64 Å². The van der Waals surface area contributed by atoms with E-state index in [1.807, 2.05) is 48.5 Å². The number of ether oxygens (including phenoxy) is 1. The molecule has 1 N–H and O–H groups in total. The molecule has 128 valence electrons. The van der Waals surface area contributed by atoms with Crippen LogP contribution in [-0.2, 0) is 4.79 Å². The number of benzene rings is 2. The number of halogens is 1. The molecule has 2 atom stereocenters. The van der Waals surface area contributed by atoms with Crippen molar-refractivity contribution < 1.29 is 14.6 Å². The third-order valence-electron chi connectivity index (χ3n) is 4.03. The number of carbonyl (C=O) groups excluding carboxylic acids is 1. The van der Waals surface area contributed by atoms with Crippen LogP contribution in [-0.4, -0.2) is 37.2 Å². The number of nitrogens with zero attached hydrogens (tertiary/aromatic N) is 1. The van der Waals surface area contributed by atoms with Gasteiger partial charge in [0.2, 0.25) is 5.91 Å². The number of rotatable bonds is 7. The Kier molecular flexibility index (Phi) is 6.64. The van der Waals surface area contributed by atoms with Crippen molar-refractivity contribution in [3.63, 3.8) is 0 Å². The molecule has 0 aliphatic rings. The summed E-state index contributed by atoms with van der Waals surface area (Å²) in [5.41, 5.74) is 1.60. The molecule has 4 nitrogen and oxygen atoms in total. The van der Waals surface area contributed by atoms with Crippen LogP contribution in [0.3, 0.4) is 0 Å². The van der Waals surface area contributed by atoms with E-state index in [1.165, 1.54) is 4.90 Å². The zero-order valence-corrected chi connectivity index (χ0v) is 14.6. The number of hydrogen-bond donors (Lipinski definition) is 1. The molecule has 2 aromatic carbocycles. The van der Waals surface area contributed by atoms with Gasteiger partial charge < -0.3 is 14.7 Å². The first-order valence-electron chi connectivity index (χ1n) is 7.80. The number of para-hydroxylation sites is 2. The topological polar surface area (TPSA) is 49.8 Å². The lowest BCUT2D eigenvalue weighted by Crippen LogP contribution is -2.37. The van der Waals surface area contributed by atoms with Crippen molar-refractivity contribution >= 4 is 23.2 Å². The largest absolute Gasteiger partial charge is 0.495 e. The summed E-state index contributed by atoms with van der Waals surface area (Å²) in [6, 6.07) is 16.8. The van der Waals surface area contributed by atoms with Crippen molar-refractivity contribution in [3.8, 4) is 5.75 Å². The van der Waals surface area contributed by atoms with Crippen molar-refractivity contribution in [1.29, 1.82) is 0 Å². The van der Waals surface area contributed by atoms with E-state index in [1.54, 1.807) is 20.2 Å². The fourth-order valence-electron chi connectivity index (χ4n) is 2.70. The quantitative estimate of drug-likeness (QED) is 0.781. The fraction of sp³-hybridized carbons (Fsp3) is 0.316. The minimum absolute atomic E-state index is 0.0333. The number of methoxy groups -OCH3 is 1. The minimum Gasteiger partial charge on any atom is -0.495 e. The summed E-state index contributed by atoms with van der Waals surface area (Å²) < 4.78 is 5.31. The monoisotopic (exact) mass is 347 g/mol. The summed E-state index contributed by atoms with van der Waals surface area (Å²) in [7, 11) is 3.24. The van der Waals surface area contributed by atoms with Crippen LogP contribution >= 0.6 is 11.6 Å². The highest BCUT2D eigenvalue weighted by molar-refractivity contribution is 6.33. The average molecular weight is 348 g/mol. The third-order valence-corrected chi connectivity index (χ3v) is 4.52. The Morgan fingerprint density at radius 2 is 1.79 bits per heavy atom. The molecule has 0 bridgehead atoms. The van der Waals surface area contributed by atoms with Crippen LogP contribution in [0.15, 0.2) is 54.6 Å². The Labute approximate surface area is 147 Å². The van der Waals surface area contributed by atoms with Gasteiger partial charge in [0.1, 0.15) is 11.1 Å². The molecule has 2 unspecified atom stereocenters. The molecule has 0 saturated heterocycles. The Hall–Kier alpha value is -2.04. The lowest BCUT2D eigenvalue weighted by Gasteiger charge is -2.27. The molecular formula is C19H22ClNO3. The maximum Gasteiger partial charge on any atom is 0.245 e. The van der Waals surface area contributed by atoms with Gasteiger partial charge in [-0.15, -0.1) is 11.6 Å². The molecular weight excluding hydrogens is 326 g/mol. The summed E-state index contributed by atoms with van der Waals surface area (Å²) in [6.07, 6.45) is 0.420. The fourth-order valence-corrected chi connectivity index (χ4v) is 3.12. The molecule has 5 heteroatoms. The standard InChI is InChI=1S/C19H22ClNO3/c1-21(16-10-6-7-11-17(16)24-2)19(23)18(20)15(12-13-22)14-8-4-3-5-9-14/h3-11,15,18,22H,12-13H2,1-2H3. The first kappa shape index (κ1) is 18.3. The molecule has 0 heterocycles. The second kappa shape index (κ2) is 8.71. The van der Waals surface area contributed by atoms with E-state index in [-0.39, 0.29) is 18.4 Å². The minimum atomic E-state index is -0.783. The number of anilines is 1. The molecule has 0 aliphatic heterocycles. The van der Waals surface area contributed by atoms with E-state index in [9.17, 15) is 9.90 Å². The number of aliphatic hydroxyl groups excluding tert-OH is 1. The van der Waals surface area contributed by atoms with Crippen molar-refractivity contribution in [1.82, 2.24) is 0 Å². The molecule has 1 amide bonds. The van der Waals surface area contributed by atoms with Crippen LogP contribution in [0.4, 0.5) is 5.69 Å². The predicted octanol–water partition coefficient (Wildman–Crippen LogP) is 3.43. The zero-order valence-electron chi connectivity index (χ0n) is 13.9. The maximum absolute atomic E-state index is 12.9. The summed E-state index contributed by atoms with van der Waals surface area (Å²) in [4.78, 5) is 14.4. The van der Waals surface area contributed by atoms with Gasteiger partial charge in [0, 0.05) is 19.6 Å². The normalized spacial score (nSPS) is 13.2. The maximum atomic E-state index is 12.9. The van der Waals surface area contributed by atoms with Crippen LogP contribution in [0.2, 0.25) is 0 Å². The Balaban J connectivity index is 2.25. The van der Waals surface area contributed by atoms with Gasteiger partial charge in [0.05, 0.1) is 12.8 Å². The van der Waals surface area contributed by atoms with Gasteiger partial charge in [0.15, 0.2) is 0 Å². The molecule has 0 fully saturated rings. The molecule has 0 aliphatic carbocycles. The van der Waals surface area contributed by atoms with E-state index >= 15 is 0 Å². The number of hydrogen-bond acceptors (Lipinski definition) is 3. The van der Waals surface area contributed by atoms with Crippen molar-refractivity contribution in [2.75, 3.05) is 25.7 Å². The third kappa shape index (κ3) is 4.08. The van der Waals surface area contributed by atoms with Gasteiger partial charge >= 0.3 is 0 Å². The number of carbonyl (C=O) groups is 1. The number of amides is 1. The van der Waals surface area contributed by atoms with E-state index in [0.29, 0.717) is 17.9 Å². The van der Waals surface area contributed by atoms with Crippen LogP contribution in [0.25, 0.3) is 0 Å². The molecule has 2 rings (SSSR count). The SMILES string of the molecule is COc1ccccc1N(C)C(=O)C(Cl)C(CCO)c1ccccc1. The molecule has 24 heavy (non-hydrogen) atoms. The van der Waals surface area contributed by atoms with Crippen molar-refractivity contribution in [2.24, 2.45) is 0 Å². The zero-order chi connectivity index (χ0) is 17.5. The highest BCUT2D eigenvalue weighted by Gasteiger charge is 2.30. The van der Waals surface area contributed by atoms with Crippen molar-refractivity contribution in [3.05, 3.63) is 60.2 Å². The Morgan fingerprint density at radius 3 is 2.42 bits per heavy atom. The number of aliphatic hydroxyl groups is 1. The van der Waals surface area contributed by atoms with Crippen LogP contribution in [0, 0.1) is 0 Å².